The van der Waals surface area contributed by atoms with Crippen molar-refractivity contribution in [1.29, 1.82) is 0 Å². The molecule has 2 fully saturated rings. The van der Waals surface area contributed by atoms with Gasteiger partial charge in [0.2, 0.25) is 5.91 Å². The van der Waals surface area contributed by atoms with Crippen molar-refractivity contribution < 1.29 is 26.4 Å². The molecule has 2 aliphatic rings. The summed E-state index contributed by atoms with van der Waals surface area (Å²) in [6.07, 6.45) is 1.23. The van der Waals surface area contributed by atoms with Crippen LogP contribution in [0.5, 0.6) is 0 Å². The average Bonchev–Trinajstić information content (AvgIpc) is 2.45. The van der Waals surface area contributed by atoms with Crippen LogP contribution in [0, 0.1) is 5.92 Å². The van der Waals surface area contributed by atoms with Crippen LogP contribution in [-0.4, -0.2) is 30.2 Å². The van der Waals surface area contributed by atoms with E-state index in [1.54, 1.807) is 0 Å². The van der Waals surface area contributed by atoms with Crippen LogP contribution in [0.1, 0.15) is 25.7 Å². The van der Waals surface area contributed by atoms with Gasteiger partial charge in [-0.2, -0.15) is 21.6 Å². The molecule has 1 saturated heterocycles. The van der Waals surface area contributed by atoms with Crippen molar-refractivity contribution in [3.63, 3.8) is 0 Å². The van der Waals surface area contributed by atoms with Gasteiger partial charge in [0.25, 0.3) is 0 Å². The lowest BCUT2D eigenvalue weighted by molar-refractivity contribution is -0.132. The second-order valence-electron chi connectivity index (χ2n) is 4.18. The smallest absolute Gasteiger partial charge is 0.274 e. The maximum absolute atomic E-state index is 12.3. The van der Waals surface area contributed by atoms with Crippen molar-refractivity contribution in [2.45, 2.75) is 37.2 Å². The van der Waals surface area contributed by atoms with E-state index < -0.39 is 27.5 Å². The number of nitrogens with zero attached hydrogens (tertiary/aromatic N) is 1. The second-order valence-corrected chi connectivity index (χ2v) is 5.98. The third kappa shape index (κ3) is 1.59. The summed E-state index contributed by atoms with van der Waals surface area (Å²) in [5.74, 6) is -0.867. The van der Waals surface area contributed by atoms with Crippen LogP contribution in [0.15, 0.2) is 0 Å². The highest BCUT2D eigenvalue weighted by Crippen LogP contribution is 2.41. The predicted molar refractivity (Wildman–Crippen MR) is 47.6 cm³/mol. The highest BCUT2D eigenvalue weighted by Gasteiger charge is 2.56. The van der Waals surface area contributed by atoms with E-state index in [2.05, 4.69) is 0 Å². The van der Waals surface area contributed by atoms with Crippen molar-refractivity contribution in [2.75, 3.05) is 0 Å². The predicted octanol–water partition coefficient (Wildman–Crippen LogP) is 1.24. The van der Waals surface area contributed by atoms with Gasteiger partial charge in [-0.25, -0.2) is 4.31 Å². The molecule has 0 aromatic rings. The first-order valence-corrected chi connectivity index (χ1v) is 6.31. The monoisotopic (exact) mass is 257 g/mol. The summed E-state index contributed by atoms with van der Waals surface area (Å²) in [6, 6.07) is -0.794. The van der Waals surface area contributed by atoms with Gasteiger partial charge in [-0.3, -0.25) is 4.79 Å². The molecular formula is C8H10F3NO3S. The Hall–Kier alpha value is -0.790. The van der Waals surface area contributed by atoms with Crippen LogP contribution < -0.4 is 0 Å². The van der Waals surface area contributed by atoms with Gasteiger partial charge in [0, 0.05) is 12.5 Å². The molecule has 0 N–H and O–H groups in total. The normalized spacial score (nSPS) is 30.9. The fourth-order valence-electron chi connectivity index (χ4n) is 2.43. The van der Waals surface area contributed by atoms with Crippen LogP contribution in [0.4, 0.5) is 13.2 Å². The number of rotatable bonds is 1. The minimum atomic E-state index is -5.50. The van der Waals surface area contributed by atoms with Gasteiger partial charge in [0.1, 0.15) is 0 Å². The number of hydrogen-bond acceptors (Lipinski definition) is 3. The number of amides is 1. The Bertz CT molecular complexity index is 417. The first kappa shape index (κ1) is 11.7. The van der Waals surface area contributed by atoms with Gasteiger partial charge in [0.05, 0.1) is 0 Å². The Morgan fingerprint density at radius 3 is 2.44 bits per heavy atom. The van der Waals surface area contributed by atoms with E-state index in [1.807, 2.05) is 0 Å². The molecule has 16 heavy (non-hydrogen) atoms. The summed E-state index contributed by atoms with van der Waals surface area (Å²) in [6.45, 7) is 0. The number of alkyl halides is 3. The summed E-state index contributed by atoms with van der Waals surface area (Å²) in [5, 5.41) is 0. The average molecular weight is 257 g/mol. The topological polar surface area (TPSA) is 54.5 Å². The fourth-order valence-corrected chi connectivity index (χ4v) is 3.58. The molecule has 1 amide bonds. The van der Waals surface area contributed by atoms with Crippen LogP contribution in [0.25, 0.3) is 0 Å². The number of fused-ring (bicyclic) bond motifs is 2. The summed E-state index contributed by atoms with van der Waals surface area (Å²) < 4.78 is 59.4. The zero-order chi connectivity index (χ0) is 12.1. The maximum atomic E-state index is 12.3. The Morgan fingerprint density at radius 1 is 1.25 bits per heavy atom. The molecule has 0 aromatic heterocycles. The first-order valence-electron chi connectivity index (χ1n) is 4.87. The van der Waals surface area contributed by atoms with Crippen LogP contribution in [-0.2, 0) is 14.8 Å². The van der Waals surface area contributed by atoms with Crippen LogP contribution in [0.3, 0.4) is 0 Å². The van der Waals surface area contributed by atoms with E-state index in [-0.39, 0.29) is 16.6 Å². The van der Waals surface area contributed by atoms with Gasteiger partial charge in [-0.1, -0.05) is 0 Å². The molecular weight excluding hydrogens is 247 g/mol. The molecule has 4 nitrogen and oxygen atoms in total. The number of carbonyl (C=O) groups is 1. The van der Waals surface area contributed by atoms with Gasteiger partial charge in [-0.05, 0) is 25.2 Å². The van der Waals surface area contributed by atoms with Gasteiger partial charge in [0.15, 0.2) is 0 Å². The SMILES string of the molecule is O=C1CC2CCC(C2)N1S(=O)(=O)C(F)(F)F. The summed E-state index contributed by atoms with van der Waals surface area (Å²) >= 11 is 0. The van der Waals surface area contributed by atoms with Gasteiger partial charge >= 0.3 is 15.5 Å². The molecule has 2 atom stereocenters. The zero-order valence-electron chi connectivity index (χ0n) is 8.20. The molecule has 1 heterocycles. The van der Waals surface area contributed by atoms with E-state index in [4.69, 9.17) is 0 Å². The Labute approximate surface area is 90.5 Å². The van der Waals surface area contributed by atoms with E-state index in [9.17, 15) is 26.4 Å². The van der Waals surface area contributed by atoms with Crippen molar-refractivity contribution in [1.82, 2.24) is 4.31 Å². The molecule has 1 aliphatic carbocycles. The van der Waals surface area contributed by atoms with E-state index >= 15 is 0 Å². The van der Waals surface area contributed by atoms with E-state index in [0.29, 0.717) is 19.3 Å². The van der Waals surface area contributed by atoms with Gasteiger partial charge in [-0.15, -0.1) is 0 Å². The molecule has 92 valence electrons. The number of carbonyl (C=O) groups excluding carboxylic acids is 1. The third-order valence-corrected chi connectivity index (χ3v) is 4.71. The highest BCUT2D eigenvalue weighted by atomic mass is 32.2. The van der Waals surface area contributed by atoms with Crippen LogP contribution in [0.2, 0.25) is 0 Å². The van der Waals surface area contributed by atoms with Crippen molar-refractivity contribution in [2.24, 2.45) is 5.92 Å². The fraction of sp³-hybridized carbons (Fsp3) is 0.875. The first-order chi connectivity index (χ1) is 7.23. The molecule has 1 saturated carbocycles. The zero-order valence-corrected chi connectivity index (χ0v) is 9.01. The van der Waals surface area contributed by atoms with E-state index in [1.165, 1.54) is 0 Å². The summed E-state index contributed by atoms with van der Waals surface area (Å²) in [5.41, 5.74) is -5.39. The number of sulfonamides is 1. The molecule has 0 radical (unpaired) electrons. The number of halogens is 3. The van der Waals surface area contributed by atoms with E-state index in [0.717, 1.165) is 0 Å². The second kappa shape index (κ2) is 3.35. The Balaban J connectivity index is 2.37. The summed E-state index contributed by atoms with van der Waals surface area (Å²) in [7, 11) is -5.50. The standard InChI is InChI=1S/C8H10F3NO3S/c9-8(10,11)16(14,15)12-6-2-1-5(3-6)4-7(12)13/h5-6H,1-4H2. The number of hydrogen-bond donors (Lipinski definition) is 0. The molecule has 8 heteroatoms. The van der Waals surface area contributed by atoms with Crippen molar-refractivity contribution in [3.05, 3.63) is 0 Å². The molecule has 0 spiro atoms. The molecule has 2 bridgehead atoms. The Kier molecular flexibility index (Phi) is 2.45. The Morgan fingerprint density at radius 2 is 1.88 bits per heavy atom. The molecule has 2 rings (SSSR count). The lowest BCUT2D eigenvalue weighted by Crippen LogP contribution is -2.51. The molecule has 0 aromatic carbocycles. The van der Waals surface area contributed by atoms with Crippen molar-refractivity contribution >= 4 is 15.9 Å². The van der Waals surface area contributed by atoms with Gasteiger partial charge < -0.3 is 0 Å². The highest BCUT2D eigenvalue weighted by molar-refractivity contribution is 7.90. The quantitative estimate of drug-likeness (QED) is 0.710. The minimum Gasteiger partial charge on any atom is -0.274 e. The van der Waals surface area contributed by atoms with Crippen LogP contribution >= 0.6 is 0 Å². The largest absolute Gasteiger partial charge is 0.516 e. The lowest BCUT2D eigenvalue weighted by atomic mass is 10.0. The maximum Gasteiger partial charge on any atom is 0.516 e. The van der Waals surface area contributed by atoms with Crippen molar-refractivity contribution in [3.8, 4) is 0 Å². The molecule has 2 unspecified atom stereocenters. The molecule has 1 aliphatic heterocycles. The minimum absolute atomic E-state index is 0.0521. The number of piperidine rings is 1. The third-order valence-electron chi connectivity index (χ3n) is 3.11. The summed E-state index contributed by atoms with van der Waals surface area (Å²) in [4.78, 5) is 11.4. The lowest BCUT2D eigenvalue weighted by Gasteiger charge is -2.32.